The van der Waals surface area contributed by atoms with Gasteiger partial charge in [0.25, 0.3) is 5.91 Å². The molecule has 2 N–H and O–H groups in total. The summed E-state index contributed by atoms with van der Waals surface area (Å²) in [5.41, 5.74) is 0.992. The molecule has 0 saturated heterocycles. The van der Waals surface area contributed by atoms with Crippen LogP contribution in [0.3, 0.4) is 0 Å². The summed E-state index contributed by atoms with van der Waals surface area (Å²) in [6.45, 7) is 0. The number of methoxy groups -OCH3 is 1. The van der Waals surface area contributed by atoms with Gasteiger partial charge >= 0.3 is 0 Å². The molecule has 0 unspecified atom stereocenters. The number of nitrogens with zero attached hydrogens (tertiary/aromatic N) is 2. The van der Waals surface area contributed by atoms with Crippen molar-refractivity contribution in [1.29, 1.82) is 0 Å². The number of carbonyl (C=O) groups excluding carboxylic acids is 1. The predicted molar refractivity (Wildman–Crippen MR) is 74.8 cm³/mol. The molecule has 0 fully saturated rings. The molecule has 2 heterocycles. The summed E-state index contributed by atoms with van der Waals surface area (Å²) in [6, 6.07) is 5.64. The fourth-order valence-electron chi connectivity index (χ4n) is 1.98. The number of H-pyrrole nitrogens is 1. The van der Waals surface area contributed by atoms with Gasteiger partial charge in [0.15, 0.2) is 0 Å². The van der Waals surface area contributed by atoms with Gasteiger partial charge in [0.2, 0.25) is 0 Å². The maximum Gasteiger partial charge on any atom is 0.259 e. The highest BCUT2D eigenvalue weighted by atomic mass is 19.1. The first kappa shape index (κ1) is 13.0. The maximum atomic E-state index is 13.5. The minimum atomic E-state index is -0.518. The second-order valence-electron chi connectivity index (χ2n) is 4.29. The van der Waals surface area contributed by atoms with E-state index in [-0.39, 0.29) is 5.56 Å². The maximum absolute atomic E-state index is 13.5. The number of ether oxygens (including phenoxy) is 1. The van der Waals surface area contributed by atoms with Crippen LogP contribution >= 0.6 is 0 Å². The van der Waals surface area contributed by atoms with Gasteiger partial charge in [-0.3, -0.25) is 4.79 Å². The normalized spacial score (nSPS) is 10.6. The highest BCUT2D eigenvalue weighted by Gasteiger charge is 2.15. The van der Waals surface area contributed by atoms with Crippen molar-refractivity contribution in [3.63, 3.8) is 0 Å². The van der Waals surface area contributed by atoms with Crippen LogP contribution in [0.5, 0.6) is 5.75 Å². The Balaban J connectivity index is 1.95. The van der Waals surface area contributed by atoms with E-state index in [1.165, 1.54) is 25.7 Å². The van der Waals surface area contributed by atoms with Gasteiger partial charge in [0.1, 0.15) is 22.9 Å². The molecule has 1 aromatic carbocycles. The SMILES string of the molecule is COc1ccnc(NC(=O)c2cc(F)cc3[nH]cnc23)c1. The number of pyridine rings is 1. The standard InChI is InChI=1S/C14H11FN4O2/c1-21-9-2-3-16-12(6-9)19-14(20)10-4-8(15)5-11-13(10)18-7-17-11/h2-7H,1H3,(H,17,18)(H,16,19,20). The predicted octanol–water partition coefficient (Wildman–Crippen LogP) is 2.36. The second kappa shape index (κ2) is 5.20. The fourth-order valence-corrected chi connectivity index (χ4v) is 1.98. The smallest absolute Gasteiger partial charge is 0.259 e. The van der Waals surface area contributed by atoms with Crippen LogP contribution in [0.4, 0.5) is 10.2 Å². The molecule has 3 rings (SSSR count). The van der Waals surface area contributed by atoms with E-state index in [9.17, 15) is 9.18 Å². The number of carbonyl (C=O) groups is 1. The van der Waals surface area contributed by atoms with Gasteiger partial charge in [-0.05, 0) is 18.2 Å². The molecular weight excluding hydrogens is 275 g/mol. The number of aromatic amines is 1. The summed E-state index contributed by atoms with van der Waals surface area (Å²) in [4.78, 5) is 23.1. The molecule has 0 atom stereocenters. The van der Waals surface area contributed by atoms with E-state index in [4.69, 9.17) is 4.74 Å². The largest absolute Gasteiger partial charge is 0.497 e. The zero-order chi connectivity index (χ0) is 14.8. The van der Waals surface area contributed by atoms with Crippen molar-refractivity contribution in [2.45, 2.75) is 0 Å². The number of hydrogen-bond acceptors (Lipinski definition) is 4. The first-order chi connectivity index (χ1) is 10.2. The summed E-state index contributed by atoms with van der Waals surface area (Å²) in [7, 11) is 1.51. The Morgan fingerprint density at radius 2 is 2.19 bits per heavy atom. The molecule has 0 aliphatic rings. The van der Waals surface area contributed by atoms with E-state index in [0.29, 0.717) is 22.6 Å². The molecule has 0 aliphatic heterocycles. The lowest BCUT2D eigenvalue weighted by Crippen LogP contribution is -2.14. The number of halogens is 1. The van der Waals surface area contributed by atoms with Crippen LogP contribution in [0.25, 0.3) is 11.0 Å². The Morgan fingerprint density at radius 3 is 3.00 bits per heavy atom. The van der Waals surface area contributed by atoms with Crippen molar-refractivity contribution in [2.75, 3.05) is 12.4 Å². The third-order valence-corrected chi connectivity index (χ3v) is 2.94. The molecule has 6 nitrogen and oxygen atoms in total. The average Bonchev–Trinajstić information content (AvgIpc) is 2.94. The highest BCUT2D eigenvalue weighted by Crippen LogP contribution is 2.19. The number of benzene rings is 1. The topological polar surface area (TPSA) is 79.9 Å². The van der Waals surface area contributed by atoms with E-state index in [1.807, 2.05) is 0 Å². The molecule has 0 radical (unpaired) electrons. The van der Waals surface area contributed by atoms with Gasteiger partial charge < -0.3 is 15.0 Å². The Morgan fingerprint density at radius 1 is 1.33 bits per heavy atom. The molecular formula is C14H11FN4O2. The zero-order valence-electron chi connectivity index (χ0n) is 11.1. The number of hydrogen-bond donors (Lipinski definition) is 2. The van der Waals surface area contributed by atoms with Crippen molar-refractivity contribution in [3.8, 4) is 5.75 Å². The van der Waals surface area contributed by atoms with E-state index in [1.54, 1.807) is 12.1 Å². The van der Waals surface area contributed by atoms with Crippen LogP contribution < -0.4 is 10.1 Å². The molecule has 21 heavy (non-hydrogen) atoms. The van der Waals surface area contributed by atoms with Crippen molar-refractivity contribution in [3.05, 3.63) is 48.2 Å². The zero-order valence-corrected chi connectivity index (χ0v) is 11.1. The van der Waals surface area contributed by atoms with Gasteiger partial charge in [-0.1, -0.05) is 0 Å². The number of fused-ring (bicyclic) bond motifs is 1. The molecule has 0 saturated carbocycles. The minimum Gasteiger partial charge on any atom is -0.497 e. The van der Waals surface area contributed by atoms with Crippen molar-refractivity contribution < 1.29 is 13.9 Å². The van der Waals surface area contributed by atoms with Gasteiger partial charge in [0.05, 0.1) is 24.5 Å². The van der Waals surface area contributed by atoms with Gasteiger partial charge in [-0.2, -0.15) is 0 Å². The quantitative estimate of drug-likeness (QED) is 0.774. The number of amides is 1. The fraction of sp³-hybridized carbons (Fsp3) is 0.0714. The van der Waals surface area contributed by atoms with E-state index < -0.39 is 11.7 Å². The minimum absolute atomic E-state index is 0.135. The highest BCUT2D eigenvalue weighted by molar-refractivity contribution is 6.11. The number of rotatable bonds is 3. The average molecular weight is 286 g/mol. The molecule has 2 aromatic heterocycles. The first-order valence-corrected chi connectivity index (χ1v) is 6.11. The summed E-state index contributed by atoms with van der Waals surface area (Å²) >= 11 is 0. The number of anilines is 1. The van der Waals surface area contributed by atoms with Crippen LogP contribution in [0.1, 0.15) is 10.4 Å². The Hall–Kier alpha value is -2.96. The molecule has 0 spiro atoms. The van der Waals surface area contributed by atoms with Crippen LogP contribution in [-0.2, 0) is 0 Å². The van der Waals surface area contributed by atoms with Crippen molar-refractivity contribution in [1.82, 2.24) is 15.0 Å². The molecule has 3 aromatic rings. The lowest BCUT2D eigenvalue weighted by atomic mass is 10.1. The number of nitrogens with one attached hydrogen (secondary N) is 2. The Labute approximate surface area is 119 Å². The van der Waals surface area contributed by atoms with Gasteiger partial charge in [-0.25, -0.2) is 14.4 Å². The van der Waals surface area contributed by atoms with Gasteiger partial charge in [-0.15, -0.1) is 0 Å². The van der Waals surface area contributed by atoms with Crippen LogP contribution in [-0.4, -0.2) is 28.0 Å². The summed E-state index contributed by atoms with van der Waals surface area (Å²) < 4.78 is 18.6. The lowest BCUT2D eigenvalue weighted by molar-refractivity contribution is 0.102. The first-order valence-electron chi connectivity index (χ1n) is 6.11. The number of aromatic nitrogens is 3. The molecule has 1 amide bonds. The van der Waals surface area contributed by atoms with Crippen LogP contribution in [0, 0.1) is 5.82 Å². The van der Waals surface area contributed by atoms with Crippen molar-refractivity contribution in [2.24, 2.45) is 0 Å². The van der Waals surface area contributed by atoms with Crippen molar-refractivity contribution >= 4 is 22.8 Å². The van der Waals surface area contributed by atoms with Crippen LogP contribution in [0.15, 0.2) is 36.8 Å². The van der Waals surface area contributed by atoms with Crippen LogP contribution in [0.2, 0.25) is 0 Å². The lowest BCUT2D eigenvalue weighted by Gasteiger charge is -2.06. The molecule has 7 heteroatoms. The molecule has 106 valence electrons. The molecule has 0 aliphatic carbocycles. The molecule has 0 bridgehead atoms. The third kappa shape index (κ3) is 2.53. The Bertz CT molecular complexity index is 816. The summed E-state index contributed by atoms with van der Waals surface area (Å²) in [5, 5.41) is 2.59. The number of imidazole rings is 1. The Kier molecular flexibility index (Phi) is 3.23. The van der Waals surface area contributed by atoms with Gasteiger partial charge in [0, 0.05) is 12.3 Å². The monoisotopic (exact) mass is 286 g/mol. The van der Waals surface area contributed by atoms with E-state index >= 15 is 0 Å². The third-order valence-electron chi connectivity index (χ3n) is 2.94. The second-order valence-corrected chi connectivity index (χ2v) is 4.29. The van der Waals surface area contributed by atoms with E-state index in [2.05, 4.69) is 20.3 Å². The summed E-state index contributed by atoms with van der Waals surface area (Å²) in [6.07, 6.45) is 2.91. The van der Waals surface area contributed by atoms with E-state index in [0.717, 1.165) is 6.07 Å². The summed E-state index contributed by atoms with van der Waals surface area (Å²) in [5.74, 6) is -0.139.